The molecule has 1 aliphatic heterocycles. The van der Waals surface area contributed by atoms with E-state index in [1.165, 1.54) is 0 Å². The summed E-state index contributed by atoms with van der Waals surface area (Å²) in [5, 5.41) is 7.05. The van der Waals surface area contributed by atoms with E-state index in [1.807, 2.05) is 6.92 Å². The topological polar surface area (TPSA) is 75.8 Å². The maximum absolute atomic E-state index is 6.05. The molecule has 1 aromatic rings. The Morgan fingerprint density at radius 3 is 2.59 bits per heavy atom. The van der Waals surface area contributed by atoms with Gasteiger partial charge in [0.2, 0.25) is 5.89 Å². The second-order valence-electron chi connectivity index (χ2n) is 6.55. The standard InChI is InChI=1S/C15H27N5O2/c1-11-18-13(22-19-11)10-17-14(16-5)20-8-6-12(7-9-20)21-15(2,3)4/h12H,6-10H2,1-5H3,(H,16,17). The van der Waals surface area contributed by atoms with Gasteiger partial charge >= 0.3 is 0 Å². The van der Waals surface area contributed by atoms with Gasteiger partial charge in [-0.25, -0.2) is 0 Å². The first-order chi connectivity index (χ1) is 10.4. The van der Waals surface area contributed by atoms with Gasteiger partial charge in [0.1, 0.15) is 0 Å². The number of piperidine rings is 1. The number of hydrogen-bond donors (Lipinski definition) is 1. The normalized spacial score (nSPS) is 17.9. The van der Waals surface area contributed by atoms with Gasteiger partial charge in [0.15, 0.2) is 11.8 Å². The number of aryl methyl sites for hydroxylation is 1. The third-order valence-electron chi connectivity index (χ3n) is 3.44. The predicted molar refractivity (Wildman–Crippen MR) is 84.7 cm³/mol. The zero-order valence-corrected chi connectivity index (χ0v) is 14.2. The Hall–Kier alpha value is -1.63. The molecule has 2 heterocycles. The highest BCUT2D eigenvalue weighted by Crippen LogP contribution is 2.20. The van der Waals surface area contributed by atoms with E-state index >= 15 is 0 Å². The lowest BCUT2D eigenvalue weighted by molar-refractivity contribution is -0.0773. The van der Waals surface area contributed by atoms with E-state index in [2.05, 4.69) is 46.1 Å². The van der Waals surface area contributed by atoms with Crippen LogP contribution >= 0.6 is 0 Å². The summed E-state index contributed by atoms with van der Waals surface area (Å²) in [6.45, 7) is 10.5. The highest BCUT2D eigenvalue weighted by molar-refractivity contribution is 5.79. The molecule has 0 radical (unpaired) electrons. The van der Waals surface area contributed by atoms with Crippen LogP contribution in [0.3, 0.4) is 0 Å². The van der Waals surface area contributed by atoms with Crippen LogP contribution in [0.1, 0.15) is 45.3 Å². The fourth-order valence-electron chi connectivity index (χ4n) is 2.58. The third-order valence-corrected chi connectivity index (χ3v) is 3.44. The molecular weight excluding hydrogens is 282 g/mol. The summed E-state index contributed by atoms with van der Waals surface area (Å²) in [5.74, 6) is 2.08. The van der Waals surface area contributed by atoms with Crippen LogP contribution in [-0.2, 0) is 11.3 Å². The van der Waals surface area contributed by atoms with Crippen molar-refractivity contribution in [1.29, 1.82) is 0 Å². The highest BCUT2D eigenvalue weighted by atomic mass is 16.5. The molecule has 0 saturated carbocycles. The van der Waals surface area contributed by atoms with Crippen LogP contribution in [0.25, 0.3) is 0 Å². The molecule has 1 aromatic heterocycles. The van der Waals surface area contributed by atoms with Gasteiger partial charge in [0.05, 0.1) is 18.2 Å². The van der Waals surface area contributed by atoms with Crippen LogP contribution < -0.4 is 5.32 Å². The van der Waals surface area contributed by atoms with Crippen LogP contribution in [0.2, 0.25) is 0 Å². The minimum absolute atomic E-state index is 0.0808. The third kappa shape index (κ3) is 4.98. The fraction of sp³-hybridized carbons (Fsp3) is 0.800. The average Bonchev–Trinajstić information content (AvgIpc) is 2.85. The van der Waals surface area contributed by atoms with Crippen molar-refractivity contribution in [3.63, 3.8) is 0 Å². The Morgan fingerprint density at radius 2 is 2.09 bits per heavy atom. The summed E-state index contributed by atoms with van der Waals surface area (Å²) in [6.07, 6.45) is 2.35. The predicted octanol–water partition coefficient (Wildman–Crippen LogP) is 1.73. The Morgan fingerprint density at radius 1 is 1.41 bits per heavy atom. The van der Waals surface area contributed by atoms with E-state index in [-0.39, 0.29) is 5.60 Å². The molecule has 7 heteroatoms. The van der Waals surface area contributed by atoms with Gasteiger partial charge in [0.25, 0.3) is 0 Å². The quantitative estimate of drug-likeness (QED) is 0.677. The number of guanidine groups is 1. The van der Waals surface area contributed by atoms with Crippen LogP contribution in [-0.4, -0.2) is 52.8 Å². The van der Waals surface area contributed by atoms with E-state index in [1.54, 1.807) is 7.05 Å². The van der Waals surface area contributed by atoms with E-state index in [0.29, 0.717) is 24.4 Å². The molecule has 1 N–H and O–H groups in total. The maximum Gasteiger partial charge on any atom is 0.246 e. The smallest absolute Gasteiger partial charge is 0.246 e. The second-order valence-corrected chi connectivity index (χ2v) is 6.55. The van der Waals surface area contributed by atoms with Crippen molar-refractivity contribution in [3.05, 3.63) is 11.7 Å². The average molecular weight is 309 g/mol. The number of nitrogens with zero attached hydrogens (tertiary/aromatic N) is 4. The van der Waals surface area contributed by atoms with Crippen LogP contribution in [0.15, 0.2) is 9.52 Å². The molecule has 1 saturated heterocycles. The summed E-state index contributed by atoms with van der Waals surface area (Å²) < 4.78 is 11.2. The van der Waals surface area contributed by atoms with Gasteiger partial charge < -0.3 is 19.5 Å². The maximum atomic E-state index is 6.05. The molecule has 22 heavy (non-hydrogen) atoms. The Balaban J connectivity index is 1.81. The van der Waals surface area contributed by atoms with Crippen molar-refractivity contribution in [3.8, 4) is 0 Å². The summed E-state index contributed by atoms with van der Waals surface area (Å²) in [6, 6.07) is 0. The van der Waals surface area contributed by atoms with Gasteiger partial charge in [-0.3, -0.25) is 4.99 Å². The molecule has 1 fully saturated rings. The summed E-state index contributed by atoms with van der Waals surface area (Å²) in [4.78, 5) is 10.8. The number of rotatable bonds is 3. The number of hydrogen-bond acceptors (Lipinski definition) is 5. The van der Waals surface area contributed by atoms with Crippen molar-refractivity contribution in [2.24, 2.45) is 4.99 Å². The lowest BCUT2D eigenvalue weighted by atomic mass is 10.1. The second kappa shape index (κ2) is 7.09. The number of aliphatic imine (C=N–C) groups is 1. The zero-order chi connectivity index (χ0) is 16.2. The van der Waals surface area contributed by atoms with E-state index in [9.17, 15) is 0 Å². The fourth-order valence-corrected chi connectivity index (χ4v) is 2.58. The van der Waals surface area contributed by atoms with E-state index < -0.39 is 0 Å². The number of aromatic nitrogens is 2. The van der Waals surface area contributed by atoms with Crippen LogP contribution in [0.5, 0.6) is 0 Å². The molecule has 0 aromatic carbocycles. The molecule has 0 amide bonds. The molecule has 7 nitrogen and oxygen atoms in total. The van der Waals surface area contributed by atoms with E-state index in [4.69, 9.17) is 9.26 Å². The Labute approximate surface area is 132 Å². The number of likely N-dealkylation sites (tertiary alicyclic amines) is 1. The van der Waals surface area contributed by atoms with Crippen LogP contribution in [0, 0.1) is 6.92 Å². The molecule has 0 atom stereocenters. The molecule has 124 valence electrons. The summed E-state index contributed by atoms with van der Waals surface area (Å²) in [5.41, 5.74) is -0.0808. The first-order valence-electron chi connectivity index (χ1n) is 7.80. The summed E-state index contributed by atoms with van der Waals surface area (Å²) >= 11 is 0. The van der Waals surface area contributed by atoms with Crippen molar-refractivity contribution in [2.75, 3.05) is 20.1 Å². The van der Waals surface area contributed by atoms with Gasteiger partial charge in [0, 0.05) is 20.1 Å². The monoisotopic (exact) mass is 309 g/mol. The lowest BCUT2D eigenvalue weighted by Gasteiger charge is -2.36. The Bertz CT molecular complexity index is 498. The molecule has 0 spiro atoms. The number of ether oxygens (including phenoxy) is 1. The van der Waals surface area contributed by atoms with Gasteiger partial charge in [-0.15, -0.1) is 0 Å². The molecular formula is C15H27N5O2. The van der Waals surface area contributed by atoms with Crippen molar-refractivity contribution >= 4 is 5.96 Å². The van der Waals surface area contributed by atoms with Gasteiger partial charge in [-0.05, 0) is 40.5 Å². The molecule has 2 rings (SSSR count). The van der Waals surface area contributed by atoms with Crippen LogP contribution in [0.4, 0.5) is 0 Å². The minimum Gasteiger partial charge on any atom is -0.372 e. The zero-order valence-electron chi connectivity index (χ0n) is 14.2. The molecule has 0 bridgehead atoms. The molecule has 0 unspecified atom stereocenters. The van der Waals surface area contributed by atoms with Crippen molar-refractivity contribution < 1.29 is 9.26 Å². The van der Waals surface area contributed by atoms with Gasteiger partial charge in [-0.1, -0.05) is 5.16 Å². The van der Waals surface area contributed by atoms with Gasteiger partial charge in [-0.2, -0.15) is 4.98 Å². The SMILES string of the molecule is CN=C(NCc1nc(C)no1)N1CCC(OC(C)(C)C)CC1. The van der Waals surface area contributed by atoms with Crippen molar-refractivity contribution in [1.82, 2.24) is 20.4 Å². The molecule has 1 aliphatic rings. The Kier molecular flexibility index (Phi) is 5.39. The largest absolute Gasteiger partial charge is 0.372 e. The lowest BCUT2D eigenvalue weighted by Crippen LogP contribution is -2.47. The first kappa shape index (κ1) is 16.7. The highest BCUT2D eigenvalue weighted by Gasteiger charge is 2.25. The minimum atomic E-state index is -0.0808. The number of nitrogens with one attached hydrogen (secondary N) is 1. The summed E-state index contributed by atoms with van der Waals surface area (Å²) in [7, 11) is 1.79. The molecule has 0 aliphatic carbocycles. The first-order valence-corrected chi connectivity index (χ1v) is 7.80. The van der Waals surface area contributed by atoms with E-state index in [0.717, 1.165) is 31.9 Å². The van der Waals surface area contributed by atoms with Crippen molar-refractivity contribution in [2.45, 2.75) is 58.8 Å².